The maximum atomic E-state index is 11.9. The highest BCUT2D eigenvalue weighted by Crippen LogP contribution is 2.23. The van der Waals surface area contributed by atoms with Gasteiger partial charge in [0.05, 0.1) is 34.1 Å². The van der Waals surface area contributed by atoms with E-state index in [1.54, 1.807) is 0 Å². The van der Waals surface area contributed by atoms with Crippen molar-refractivity contribution in [3.8, 4) is 0 Å². The van der Waals surface area contributed by atoms with Crippen LogP contribution in [0.25, 0.3) is 0 Å². The van der Waals surface area contributed by atoms with Crippen LogP contribution in [0.3, 0.4) is 0 Å². The Morgan fingerprint density at radius 3 is 2.57 bits per heavy atom. The Labute approximate surface area is 117 Å². The van der Waals surface area contributed by atoms with E-state index in [-0.39, 0.29) is 22.5 Å². The SMILES string of the molecule is O=C(Nc1cc([N+](=O)[O-])ccc1C(=O)O)c1ccnnc1. The first-order chi connectivity index (χ1) is 9.99. The number of aromatic carboxylic acids is 1. The van der Waals surface area contributed by atoms with Crippen molar-refractivity contribution in [3.63, 3.8) is 0 Å². The molecular weight excluding hydrogens is 280 g/mol. The third-order valence-corrected chi connectivity index (χ3v) is 2.54. The molecule has 2 aromatic rings. The average Bonchev–Trinajstić information content (AvgIpc) is 2.47. The second-order valence-corrected chi connectivity index (χ2v) is 3.88. The second kappa shape index (κ2) is 5.74. The van der Waals surface area contributed by atoms with Gasteiger partial charge in [-0.25, -0.2) is 4.79 Å². The number of carboxylic acid groups (broad SMARTS) is 1. The quantitative estimate of drug-likeness (QED) is 0.639. The summed E-state index contributed by atoms with van der Waals surface area (Å²) in [4.78, 5) is 33.0. The molecule has 1 aromatic carbocycles. The Balaban J connectivity index is 2.37. The summed E-state index contributed by atoms with van der Waals surface area (Å²) in [6, 6.07) is 4.46. The first-order valence-corrected chi connectivity index (χ1v) is 5.59. The molecule has 0 saturated carbocycles. The molecule has 0 aliphatic heterocycles. The number of nitrogens with one attached hydrogen (secondary N) is 1. The summed E-state index contributed by atoms with van der Waals surface area (Å²) >= 11 is 0. The molecule has 9 heteroatoms. The number of carbonyl (C=O) groups is 2. The maximum absolute atomic E-state index is 11.9. The molecule has 0 atom stereocenters. The molecule has 0 aliphatic carbocycles. The lowest BCUT2D eigenvalue weighted by atomic mass is 10.1. The van der Waals surface area contributed by atoms with Gasteiger partial charge >= 0.3 is 5.97 Å². The highest BCUT2D eigenvalue weighted by atomic mass is 16.6. The fraction of sp³-hybridized carbons (Fsp3) is 0. The summed E-state index contributed by atoms with van der Waals surface area (Å²) in [6.45, 7) is 0. The number of nitrogens with zero attached hydrogens (tertiary/aromatic N) is 3. The molecule has 21 heavy (non-hydrogen) atoms. The van der Waals surface area contributed by atoms with Gasteiger partial charge < -0.3 is 10.4 Å². The number of nitro groups is 1. The molecule has 0 fully saturated rings. The van der Waals surface area contributed by atoms with Gasteiger partial charge in [-0.2, -0.15) is 10.2 Å². The normalized spacial score (nSPS) is 9.90. The number of hydrogen-bond donors (Lipinski definition) is 2. The molecule has 106 valence electrons. The largest absolute Gasteiger partial charge is 0.478 e. The van der Waals surface area contributed by atoms with E-state index in [1.807, 2.05) is 0 Å². The molecule has 0 radical (unpaired) electrons. The lowest BCUT2D eigenvalue weighted by molar-refractivity contribution is -0.384. The zero-order valence-electron chi connectivity index (χ0n) is 10.4. The third-order valence-electron chi connectivity index (χ3n) is 2.54. The number of rotatable bonds is 4. The van der Waals surface area contributed by atoms with Gasteiger partial charge in [-0.15, -0.1) is 0 Å². The van der Waals surface area contributed by atoms with E-state index >= 15 is 0 Å². The van der Waals surface area contributed by atoms with Crippen LogP contribution in [0.1, 0.15) is 20.7 Å². The van der Waals surface area contributed by atoms with Gasteiger partial charge in [-0.1, -0.05) is 0 Å². The van der Waals surface area contributed by atoms with E-state index in [2.05, 4.69) is 15.5 Å². The lowest BCUT2D eigenvalue weighted by Crippen LogP contribution is -2.15. The van der Waals surface area contributed by atoms with Gasteiger partial charge in [0, 0.05) is 12.1 Å². The molecule has 1 heterocycles. The Hall–Kier alpha value is -3.36. The van der Waals surface area contributed by atoms with Gasteiger partial charge in [0.15, 0.2) is 0 Å². The predicted octanol–water partition coefficient (Wildman–Crippen LogP) is 1.34. The van der Waals surface area contributed by atoms with Gasteiger partial charge in [0.25, 0.3) is 11.6 Å². The zero-order chi connectivity index (χ0) is 15.4. The third kappa shape index (κ3) is 3.15. The number of non-ortho nitro benzene ring substituents is 1. The Bertz CT molecular complexity index is 717. The number of carboxylic acids is 1. The monoisotopic (exact) mass is 288 g/mol. The molecule has 9 nitrogen and oxygen atoms in total. The topological polar surface area (TPSA) is 135 Å². The van der Waals surface area contributed by atoms with Crippen molar-refractivity contribution in [2.24, 2.45) is 0 Å². The fourth-order valence-electron chi connectivity index (χ4n) is 1.56. The second-order valence-electron chi connectivity index (χ2n) is 3.88. The smallest absolute Gasteiger partial charge is 0.337 e. The number of nitro benzene ring substituents is 1. The number of anilines is 1. The van der Waals surface area contributed by atoms with Crippen molar-refractivity contribution in [1.29, 1.82) is 0 Å². The standard InChI is InChI=1S/C12H8N4O5/c17-11(7-3-4-13-14-6-7)15-10-5-8(16(20)21)1-2-9(10)12(18)19/h1-6H,(H,15,17)(H,18,19). The average molecular weight is 288 g/mol. The van der Waals surface area contributed by atoms with Crippen LogP contribution in [0.15, 0.2) is 36.7 Å². The van der Waals surface area contributed by atoms with Crippen molar-refractivity contribution >= 4 is 23.3 Å². The number of benzene rings is 1. The highest BCUT2D eigenvalue weighted by Gasteiger charge is 2.17. The van der Waals surface area contributed by atoms with Gasteiger partial charge in [-0.05, 0) is 12.1 Å². The summed E-state index contributed by atoms with van der Waals surface area (Å²) in [6.07, 6.45) is 2.48. The van der Waals surface area contributed by atoms with Crippen LogP contribution in [0.5, 0.6) is 0 Å². The van der Waals surface area contributed by atoms with Crippen LogP contribution in [0.2, 0.25) is 0 Å². The fourth-order valence-corrected chi connectivity index (χ4v) is 1.56. The Morgan fingerprint density at radius 2 is 2.00 bits per heavy atom. The van der Waals surface area contributed by atoms with Crippen LogP contribution >= 0.6 is 0 Å². The lowest BCUT2D eigenvalue weighted by Gasteiger charge is -2.08. The van der Waals surface area contributed by atoms with Gasteiger partial charge in [0.2, 0.25) is 0 Å². The summed E-state index contributed by atoms with van der Waals surface area (Å²) < 4.78 is 0. The summed E-state index contributed by atoms with van der Waals surface area (Å²) in [5.41, 5.74) is -0.606. The molecule has 1 amide bonds. The zero-order valence-corrected chi connectivity index (χ0v) is 10.4. The van der Waals surface area contributed by atoms with Crippen LogP contribution in [-0.2, 0) is 0 Å². The molecule has 1 aromatic heterocycles. The van der Waals surface area contributed by atoms with Crippen LogP contribution in [0, 0.1) is 10.1 Å². The first-order valence-electron chi connectivity index (χ1n) is 5.59. The van der Waals surface area contributed by atoms with E-state index in [4.69, 9.17) is 5.11 Å². The molecule has 0 bridgehead atoms. The van der Waals surface area contributed by atoms with Crippen molar-refractivity contribution in [3.05, 3.63) is 57.9 Å². The first kappa shape index (κ1) is 14.1. The molecule has 0 unspecified atom stereocenters. The maximum Gasteiger partial charge on any atom is 0.337 e. The van der Waals surface area contributed by atoms with Crippen molar-refractivity contribution in [1.82, 2.24) is 10.2 Å². The van der Waals surface area contributed by atoms with Gasteiger partial charge in [0.1, 0.15) is 0 Å². The van der Waals surface area contributed by atoms with E-state index in [0.29, 0.717) is 0 Å². The number of hydrogen-bond acceptors (Lipinski definition) is 6. The molecule has 0 aliphatic rings. The number of aromatic nitrogens is 2. The van der Waals surface area contributed by atoms with E-state index in [1.165, 1.54) is 18.5 Å². The summed E-state index contributed by atoms with van der Waals surface area (Å²) in [5.74, 6) is -1.96. The van der Waals surface area contributed by atoms with E-state index in [9.17, 15) is 19.7 Å². The minimum Gasteiger partial charge on any atom is -0.478 e. The van der Waals surface area contributed by atoms with Crippen molar-refractivity contribution in [2.45, 2.75) is 0 Å². The molecule has 2 rings (SSSR count). The number of carbonyl (C=O) groups excluding carboxylic acids is 1. The minimum atomic E-state index is -1.31. The molecule has 0 spiro atoms. The van der Waals surface area contributed by atoms with E-state index < -0.39 is 16.8 Å². The molecule has 2 N–H and O–H groups in total. The summed E-state index contributed by atoms with van der Waals surface area (Å²) in [5, 5.41) is 29.1. The Morgan fingerprint density at radius 1 is 1.24 bits per heavy atom. The van der Waals surface area contributed by atoms with Gasteiger partial charge in [-0.3, -0.25) is 14.9 Å². The van der Waals surface area contributed by atoms with Crippen molar-refractivity contribution < 1.29 is 19.6 Å². The molecular formula is C12H8N4O5. The highest BCUT2D eigenvalue weighted by molar-refractivity contribution is 6.07. The number of amides is 1. The van der Waals surface area contributed by atoms with Crippen LogP contribution in [-0.4, -0.2) is 32.1 Å². The Kier molecular flexibility index (Phi) is 3.84. The predicted molar refractivity (Wildman–Crippen MR) is 70.0 cm³/mol. The van der Waals surface area contributed by atoms with Crippen LogP contribution < -0.4 is 5.32 Å². The minimum absolute atomic E-state index is 0.146. The van der Waals surface area contributed by atoms with Crippen molar-refractivity contribution in [2.75, 3.05) is 5.32 Å². The van der Waals surface area contributed by atoms with Crippen LogP contribution in [0.4, 0.5) is 11.4 Å². The summed E-state index contributed by atoms with van der Waals surface area (Å²) in [7, 11) is 0. The molecule has 0 saturated heterocycles. The van der Waals surface area contributed by atoms with E-state index in [0.717, 1.165) is 18.2 Å².